The zero-order valence-corrected chi connectivity index (χ0v) is 13.0. The lowest BCUT2D eigenvalue weighted by molar-refractivity contribution is 0.414. The molecule has 0 aliphatic carbocycles. The van der Waals surface area contributed by atoms with E-state index in [-0.39, 0.29) is 6.04 Å². The third-order valence-electron chi connectivity index (χ3n) is 3.79. The second-order valence-electron chi connectivity index (χ2n) is 5.02. The first-order chi connectivity index (χ1) is 10.1. The van der Waals surface area contributed by atoms with Gasteiger partial charge in [-0.1, -0.05) is 12.1 Å². The van der Waals surface area contributed by atoms with Gasteiger partial charge in [0.15, 0.2) is 11.6 Å². The summed E-state index contributed by atoms with van der Waals surface area (Å²) in [7, 11) is 1.62. The summed E-state index contributed by atoms with van der Waals surface area (Å²) in [6, 6.07) is 8.99. The number of rotatable bonds is 2. The topological polar surface area (TPSA) is 21.3 Å². The molecule has 1 aliphatic rings. The van der Waals surface area contributed by atoms with Crippen molar-refractivity contribution >= 4 is 21.6 Å². The lowest BCUT2D eigenvalue weighted by Crippen LogP contribution is -2.20. The van der Waals surface area contributed by atoms with Crippen LogP contribution in [0.5, 0.6) is 5.75 Å². The number of benzene rings is 2. The number of anilines is 1. The smallest absolute Gasteiger partial charge is 0.164 e. The summed E-state index contributed by atoms with van der Waals surface area (Å²) in [5, 5.41) is 3.29. The predicted molar refractivity (Wildman–Crippen MR) is 81.7 cm³/mol. The van der Waals surface area contributed by atoms with Crippen LogP contribution in [0.2, 0.25) is 0 Å². The predicted octanol–water partition coefficient (Wildman–Crippen LogP) is 4.84. The molecule has 21 heavy (non-hydrogen) atoms. The van der Waals surface area contributed by atoms with Gasteiger partial charge in [-0.05, 0) is 52.5 Å². The zero-order valence-electron chi connectivity index (χ0n) is 11.4. The van der Waals surface area contributed by atoms with Crippen molar-refractivity contribution < 1.29 is 13.5 Å². The van der Waals surface area contributed by atoms with E-state index in [0.29, 0.717) is 28.6 Å². The number of hydrogen-bond acceptors (Lipinski definition) is 2. The number of nitrogens with one attached hydrogen (secondary N) is 1. The highest BCUT2D eigenvalue weighted by molar-refractivity contribution is 9.10. The van der Waals surface area contributed by atoms with Gasteiger partial charge in [0.05, 0.1) is 18.8 Å². The fourth-order valence-electron chi connectivity index (χ4n) is 2.66. The first-order valence-electron chi connectivity index (χ1n) is 6.67. The lowest BCUT2D eigenvalue weighted by Gasteiger charge is -2.28. The fourth-order valence-corrected chi connectivity index (χ4v) is 3.21. The van der Waals surface area contributed by atoms with Gasteiger partial charge in [-0.15, -0.1) is 0 Å². The van der Waals surface area contributed by atoms with Crippen LogP contribution in [0.4, 0.5) is 14.5 Å². The second kappa shape index (κ2) is 5.64. The Bertz CT molecular complexity index is 673. The van der Waals surface area contributed by atoms with Crippen LogP contribution >= 0.6 is 15.9 Å². The van der Waals surface area contributed by atoms with Gasteiger partial charge in [-0.25, -0.2) is 8.78 Å². The SMILES string of the molecule is COc1ccc(C2CCc3c(F)c(F)cc(Br)c3N2)cc1. The number of methoxy groups -OCH3 is 1. The molecule has 0 radical (unpaired) electrons. The summed E-state index contributed by atoms with van der Waals surface area (Å²) in [5.74, 6) is -0.775. The Labute approximate surface area is 130 Å². The third kappa shape index (κ3) is 2.62. The van der Waals surface area contributed by atoms with E-state index in [2.05, 4.69) is 21.2 Å². The second-order valence-corrected chi connectivity index (χ2v) is 5.87. The maximum atomic E-state index is 13.8. The van der Waals surface area contributed by atoms with Crippen LogP contribution in [0, 0.1) is 11.6 Å². The Morgan fingerprint density at radius 1 is 1.24 bits per heavy atom. The highest BCUT2D eigenvalue weighted by Gasteiger charge is 2.25. The molecule has 2 nitrogen and oxygen atoms in total. The number of halogens is 3. The lowest BCUT2D eigenvalue weighted by atomic mass is 9.93. The Morgan fingerprint density at radius 2 is 1.95 bits per heavy atom. The normalized spacial score (nSPS) is 17.0. The Kier molecular flexibility index (Phi) is 3.85. The molecule has 5 heteroatoms. The highest BCUT2D eigenvalue weighted by Crippen LogP contribution is 2.39. The van der Waals surface area contributed by atoms with Crippen LogP contribution in [0.15, 0.2) is 34.8 Å². The molecule has 0 aromatic heterocycles. The average Bonchev–Trinajstić information content (AvgIpc) is 2.52. The van der Waals surface area contributed by atoms with E-state index in [4.69, 9.17) is 4.74 Å². The summed E-state index contributed by atoms with van der Waals surface area (Å²) in [6.07, 6.45) is 1.22. The standard InChI is InChI=1S/C16H14BrF2NO/c1-21-10-4-2-9(3-5-10)14-7-6-11-15(19)13(18)8-12(17)16(11)20-14/h2-5,8,14,20H,6-7H2,1H3. The monoisotopic (exact) mass is 353 g/mol. The van der Waals surface area contributed by atoms with Crippen molar-refractivity contribution in [3.05, 3.63) is 57.6 Å². The molecular formula is C16H14BrF2NO. The number of ether oxygens (including phenoxy) is 1. The van der Waals surface area contributed by atoms with E-state index in [0.717, 1.165) is 17.4 Å². The van der Waals surface area contributed by atoms with E-state index in [9.17, 15) is 8.78 Å². The van der Waals surface area contributed by atoms with Crippen LogP contribution in [0.1, 0.15) is 23.6 Å². The van der Waals surface area contributed by atoms with Crippen LogP contribution in [0.25, 0.3) is 0 Å². The highest BCUT2D eigenvalue weighted by atomic mass is 79.9. The van der Waals surface area contributed by atoms with Crippen molar-refractivity contribution in [2.75, 3.05) is 12.4 Å². The van der Waals surface area contributed by atoms with Crippen molar-refractivity contribution in [3.8, 4) is 5.75 Å². The Hall–Kier alpha value is -1.62. The average molecular weight is 354 g/mol. The maximum absolute atomic E-state index is 13.8. The molecule has 0 spiro atoms. The Morgan fingerprint density at radius 3 is 2.62 bits per heavy atom. The van der Waals surface area contributed by atoms with E-state index >= 15 is 0 Å². The van der Waals surface area contributed by atoms with Gasteiger partial charge in [0.25, 0.3) is 0 Å². The summed E-state index contributed by atoms with van der Waals surface area (Å²) >= 11 is 3.30. The molecule has 0 saturated heterocycles. The molecule has 1 atom stereocenters. The molecule has 2 aromatic carbocycles. The van der Waals surface area contributed by atoms with Crippen molar-refractivity contribution in [2.24, 2.45) is 0 Å². The van der Waals surface area contributed by atoms with Crippen LogP contribution in [-0.2, 0) is 6.42 Å². The van der Waals surface area contributed by atoms with E-state index < -0.39 is 11.6 Å². The third-order valence-corrected chi connectivity index (χ3v) is 4.41. The molecule has 0 bridgehead atoms. The van der Waals surface area contributed by atoms with Crippen molar-refractivity contribution in [1.29, 1.82) is 0 Å². The maximum Gasteiger partial charge on any atom is 0.164 e. The Balaban J connectivity index is 1.92. The first kappa shape index (κ1) is 14.3. The van der Waals surface area contributed by atoms with Crippen molar-refractivity contribution in [2.45, 2.75) is 18.9 Å². The molecule has 1 N–H and O–H groups in total. The van der Waals surface area contributed by atoms with Gasteiger partial charge in [-0.2, -0.15) is 0 Å². The molecule has 1 unspecified atom stereocenters. The van der Waals surface area contributed by atoms with Gasteiger partial charge in [0, 0.05) is 10.0 Å². The molecule has 1 aliphatic heterocycles. The van der Waals surface area contributed by atoms with Gasteiger partial charge >= 0.3 is 0 Å². The zero-order chi connectivity index (χ0) is 15.0. The fraction of sp³-hybridized carbons (Fsp3) is 0.250. The summed E-state index contributed by atoms with van der Waals surface area (Å²) in [6.45, 7) is 0. The van der Waals surface area contributed by atoms with Gasteiger partial charge in [0.2, 0.25) is 0 Å². The van der Waals surface area contributed by atoms with Crippen LogP contribution in [-0.4, -0.2) is 7.11 Å². The molecule has 3 rings (SSSR count). The summed E-state index contributed by atoms with van der Waals surface area (Å²) in [5.41, 5.74) is 2.14. The summed E-state index contributed by atoms with van der Waals surface area (Å²) in [4.78, 5) is 0. The summed E-state index contributed by atoms with van der Waals surface area (Å²) < 4.78 is 33.0. The molecule has 0 fully saturated rings. The molecule has 1 heterocycles. The van der Waals surface area contributed by atoms with Gasteiger partial charge < -0.3 is 10.1 Å². The quantitative estimate of drug-likeness (QED) is 0.780. The van der Waals surface area contributed by atoms with Gasteiger partial charge in [-0.3, -0.25) is 0 Å². The van der Waals surface area contributed by atoms with Crippen LogP contribution in [0.3, 0.4) is 0 Å². The molecular weight excluding hydrogens is 340 g/mol. The number of hydrogen-bond donors (Lipinski definition) is 1. The van der Waals surface area contributed by atoms with E-state index in [1.54, 1.807) is 7.11 Å². The number of fused-ring (bicyclic) bond motifs is 1. The van der Waals surface area contributed by atoms with Crippen molar-refractivity contribution in [3.63, 3.8) is 0 Å². The minimum absolute atomic E-state index is 0.0737. The van der Waals surface area contributed by atoms with Crippen molar-refractivity contribution in [1.82, 2.24) is 0 Å². The van der Waals surface area contributed by atoms with Gasteiger partial charge in [0.1, 0.15) is 5.75 Å². The van der Waals surface area contributed by atoms with Crippen LogP contribution < -0.4 is 10.1 Å². The molecule has 2 aromatic rings. The minimum Gasteiger partial charge on any atom is -0.497 e. The molecule has 0 amide bonds. The minimum atomic E-state index is -0.815. The molecule has 110 valence electrons. The first-order valence-corrected chi connectivity index (χ1v) is 7.46. The van der Waals surface area contributed by atoms with E-state index in [1.165, 1.54) is 0 Å². The molecule has 0 saturated carbocycles. The largest absolute Gasteiger partial charge is 0.497 e. The van der Waals surface area contributed by atoms with E-state index in [1.807, 2.05) is 24.3 Å².